The highest BCUT2D eigenvalue weighted by atomic mass is 16.2. The van der Waals surface area contributed by atoms with Crippen LogP contribution in [0.3, 0.4) is 0 Å². The van der Waals surface area contributed by atoms with Gasteiger partial charge in [0.15, 0.2) is 0 Å². The maximum Gasteiger partial charge on any atom is 0.253 e. The Balaban J connectivity index is 1.69. The Labute approximate surface area is 243 Å². The van der Waals surface area contributed by atoms with Gasteiger partial charge in [-0.1, -0.05) is 19.1 Å². The number of aromatic amines is 1. The van der Waals surface area contributed by atoms with Crippen LogP contribution < -0.4 is 15.8 Å². The number of H-pyrrole nitrogens is 1. The lowest BCUT2D eigenvalue weighted by molar-refractivity contribution is -0.127. The van der Waals surface area contributed by atoms with Crippen molar-refractivity contribution in [3.8, 4) is 0 Å². The Morgan fingerprint density at radius 1 is 1.26 bits per heavy atom. The first-order chi connectivity index (χ1) is 21.6. The Kier molecular flexibility index (Phi) is 5.45. The minimum Gasteiger partial charge on any atom is -0.372 e. The van der Waals surface area contributed by atoms with E-state index in [1.165, 1.54) is 12.3 Å². The first kappa shape index (κ1) is 19.0. The highest BCUT2D eigenvalue weighted by Crippen LogP contribution is 2.48. The van der Waals surface area contributed by atoms with E-state index in [0.29, 0.717) is 17.1 Å². The third-order valence-electron chi connectivity index (χ3n) is 7.52. The molecule has 8 heteroatoms. The van der Waals surface area contributed by atoms with Crippen LogP contribution in [0, 0.1) is 31.5 Å². The summed E-state index contributed by atoms with van der Waals surface area (Å²) < 4.78 is 75.5. The van der Waals surface area contributed by atoms with E-state index >= 15 is 0 Å². The van der Waals surface area contributed by atoms with Crippen LogP contribution in [0.2, 0.25) is 0 Å². The van der Waals surface area contributed by atoms with Gasteiger partial charge in [0.05, 0.1) is 0 Å². The van der Waals surface area contributed by atoms with Crippen molar-refractivity contribution in [1.29, 1.82) is 0 Å². The molecule has 0 saturated carbocycles. The topological polar surface area (TPSA) is 84.6 Å². The Bertz CT molecular complexity index is 1660. The molecule has 8 nitrogen and oxygen atoms in total. The molecular weight excluding hydrogens is 488 g/mol. The van der Waals surface area contributed by atoms with E-state index in [1.807, 2.05) is 7.05 Å². The van der Waals surface area contributed by atoms with Gasteiger partial charge in [0.25, 0.3) is 5.56 Å². The summed E-state index contributed by atoms with van der Waals surface area (Å²) in [5.74, 6) is -11.9. The molecule has 4 heterocycles. The molecule has 0 bridgehead atoms. The van der Waals surface area contributed by atoms with Gasteiger partial charge in [-0.15, -0.1) is 0 Å². The van der Waals surface area contributed by atoms with Crippen LogP contribution in [-0.4, -0.2) is 71.4 Å². The number of hydrogen-bond acceptors (Lipinski definition) is 6. The van der Waals surface area contributed by atoms with Crippen molar-refractivity contribution in [3.05, 3.63) is 68.9 Å². The first-order valence-corrected chi connectivity index (χ1v) is 13.5. The third-order valence-corrected chi connectivity index (χ3v) is 7.52. The molecule has 210 valence electrons. The number of piperazine rings is 1. The normalized spacial score (nSPS) is 38.7. The van der Waals surface area contributed by atoms with Gasteiger partial charge in [0.2, 0.25) is 5.91 Å². The third kappa shape index (κ3) is 5.62. The second-order valence-corrected chi connectivity index (χ2v) is 10.8. The molecule has 1 amide bonds. The molecule has 1 aliphatic carbocycles. The van der Waals surface area contributed by atoms with Gasteiger partial charge in [-0.25, -0.2) is 4.98 Å². The van der Waals surface area contributed by atoms with Crippen LogP contribution in [0.25, 0.3) is 0 Å². The van der Waals surface area contributed by atoms with E-state index in [0.717, 1.165) is 44.1 Å². The molecule has 3 aliphatic rings. The first-order valence-electron chi connectivity index (χ1n) is 17.5. The number of nitrogens with zero attached hydrogens (tertiary/aromatic N) is 4. The fourth-order valence-electron chi connectivity index (χ4n) is 5.30. The number of nitrogens with one attached hydrogen (secondary N) is 2. The maximum absolute atomic E-state index is 14.4. The SMILES string of the molecule is [2H]C1(c2ccc(N3CCN(C)CC3)nc2)C=C2N(C(C)C)C([2H])([2H])C([2H])(C)C2([2H])C([2H])(C(=O)NCc2c(C)cc(C)[nH]c2=O)C1([2H])[2H]. The summed E-state index contributed by atoms with van der Waals surface area (Å²) in [6.45, 7) is 7.81. The molecule has 2 aromatic rings. The second kappa shape index (κ2) is 11.2. The van der Waals surface area contributed by atoms with Gasteiger partial charge in [-0.2, -0.15) is 0 Å². The smallest absolute Gasteiger partial charge is 0.253 e. The number of likely N-dealkylation sites (N-methyl/N-ethyl adjacent to an activating group) is 1. The number of aryl methyl sites for hydroxylation is 2. The largest absolute Gasteiger partial charge is 0.372 e. The van der Waals surface area contributed by atoms with Gasteiger partial charge >= 0.3 is 0 Å². The molecule has 2 fully saturated rings. The van der Waals surface area contributed by atoms with Crippen molar-refractivity contribution in [1.82, 2.24) is 25.1 Å². The van der Waals surface area contributed by atoms with E-state index in [9.17, 15) is 17.8 Å². The van der Waals surface area contributed by atoms with Crippen molar-refractivity contribution >= 4 is 11.7 Å². The summed E-state index contributed by atoms with van der Waals surface area (Å²) in [5.41, 5.74) is 0.545. The van der Waals surface area contributed by atoms with Crippen molar-refractivity contribution in [2.24, 2.45) is 17.7 Å². The van der Waals surface area contributed by atoms with E-state index in [4.69, 9.17) is 2.74 Å². The molecule has 0 radical (unpaired) electrons. The molecule has 4 unspecified atom stereocenters. The fraction of sp³-hybridized carbons (Fsp3) is 0.581. The summed E-state index contributed by atoms with van der Waals surface area (Å²) in [5, 5.41) is 2.49. The lowest BCUT2D eigenvalue weighted by atomic mass is 9.71. The van der Waals surface area contributed by atoms with E-state index in [-0.39, 0.29) is 16.8 Å². The second-order valence-electron chi connectivity index (χ2n) is 10.8. The summed E-state index contributed by atoms with van der Waals surface area (Å²) in [4.78, 5) is 39.7. The number of carbonyl (C=O) groups excluding carboxylic acids is 1. The predicted molar refractivity (Wildman–Crippen MR) is 156 cm³/mol. The number of pyridine rings is 2. The number of anilines is 1. The van der Waals surface area contributed by atoms with Gasteiger partial charge in [0.1, 0.15) is 5.82 Å². The molecule has 2 aromatic heterocycles. The molecule has 0 spiro atoms. The number of allylic oxidation sites excluding steroid dienone is 2. The lowest BCUT2D eigenvalue weighted by Gasteiger charge is -2.37. The zero-order valence-electron chi connectivity index (χ0n) is 31.6. The van der Waals surface area contributed by atoms with Gasteiger partial charge in [-0.3, -0.25) is 9.59 Å². The van der Waals surface area contributed by atoms with Crippen LogP contribution in [-0.2, 0) is 11.3 Å². The highest BCUT2D eigenvalue weighted by molar-refractivity contribution is 5.80. The summed E-state index contributed by atoms with van der Waals surface area (Å²) in [6.07, 6.45) is -0.769. The molecule has 5 rings (SSSR count). The average Bonchev–Trinajstić information content (AvgIpc) is 3.10. The van der Waals surface area contributed by atoms with Crippen LogP contribution in [0.15, 0.2) is 41.0 Å². The van der Waals surface area contributed by atoms with E-state index in [1.54, 1.807) is 39.8 Å². The van der Waals surface area contributed by atoms with Crippen LogP contribution in [0.5, 0.6) is 0 Å². The number of likely N-dealkylation sites (tertiary alicyclic amines) is 1. The zero-order chi connectivity index (χ0) is 35.1. The van der Waals surface area contributed by atoms with E-state index in [2.05, 4.69) is 25.1 Å². The number of aromatic nitrogens is 2. The van der Waals surface area contributed by atoms with Crippen molar-refractivity contribution < 1.29 is 15.8 Å². The molecule has 39 heavy (non-hydrogen) atoms. The summed E-state index contributed by atoms with van der Waals surface area (Å²) >= 11 is 0. The predicted octanol–water partition coefficient (Wildman–Crippen LogP) is 3.42. The van der Waals surface area contributed by atoms with Gasteiger partial charge in [-0.05, 0) is 70.3 Å². The summed E-state index contributed by atoms with van der Waals surface area (Å²) in [7, 11) is 2.03. The minimum atomic E-state index is -3.26. The maximum atomic E-state index is 14.4. The molecular formula is C31H44N6O2. The molecule has 4 atom stereocenters. The highest BCUT2D eigenvalue weighted by Gasteiger charge is 2.46. The monoisotopic (exact) mass is 540 g/mol. The quantitative estimate of drug-likeness (QED) is 0.584. The van der Waals surface area contributed by atoms with Crippen LogP contribution in [0.4, 0.5) is 5.82 Å². The number of rotatable bonds is 6. The molecule has 2 aliphatic heterocycles. The summed E-state index contributed by atoms with van der Waals surface area (Å²) in [6, 6.07) is 4.21. The van der Waals surface area contributed by atoms with Gasteiger partial charge in [0, 0.05) is 97.1 Å². The Hall–Kier alpha value is -3.13. The molecule has 2 N–H and O–H groups in total. The number of fused-ring (bicyclic) bond motifs is 1. The minimum absolute atomic E-state index is 0.00743. The van der Waals surface area contributed by atoms with Crippen LogP contribution in [0.1, 0.15) is 66.4 Å². The number of amides is 1. The van der Waals surface area contributed by atoms with Crippen LogP contribution >= 0.6 is 0 Å². The standard InChI is InChI=1S/C31H44N6O2/c1-19(2)37-18-21(4)29-25(30(38)33-17-26-20(3)13-22(5)34-31(26)39)14-24(15-27(29)37)23-7-8-28(32-16-23)36-11-9-35(6)10-12-36/h7-8,13,15-16,19,21,24-25,29H,9-12,14,17-18H2,1-6H3,(H,33,38)(H,34,39)/i14D2,18D2,21D,24D,25D,29D. The lowest BCUT2D eigenvalue weighted by Crippen LogP contribution is -2.44. The zero-order valence-corrected chi connectivity index (χ0v) is 23.6. The van der Waals surface area contributed by atoms with Crippen molar-refractivity contribution in [2.75, 3.05) is 44.6 Å². The number of carbonyl (C=O) groups is 1. The fourth-order valence-corrected chi connectivity index (χ4v) is 5.30. The average molecular weight is 541 g/mol. The number of hydrogen-bond donors (Lipinski definition) is 2. The molecule has 2 saturated heterocycles. The Morgan fingerprint density at radius 3 is 2.64 bits per heavy atom. The molecule has 0 aromatic carbocycles. The Morgan fingerprint density at radius 2 is 2.00 bits per heavy atom. The van der Waals surface area contributed by atoms with Crippen molar-refractivity contribution in [2.45, 2.75) is 59.5 Å². The van der Waals surface area contributed by atoms with Gasteiger partial charge < -0.3 is 25.0 Å². The van der Waals surface area contributed by atoms with E-state index < -0.39 is 60.5 Å². The van der Waals surface area contributed by atoms with Crippen molar-refractivity contribution in [3.63, 3.8) is 0 Å².